The second kappa shape index (κ2) is 5.32. The average molecular weight is 256 g/mol. The summed E-state index contributed by atoms with van der Waals surface area (Å²) < 4.78 is 13.2. The summed E-state index contributed by atoms with van der Waals surface area (Å²) in [5.41, 5.74) is 1.56. The third-order valence-electron chi connectivity index (χ3n) is 4.86. The second-order valence-corrected chi connectivity index (χ2v) is 5.88. The zero-order chi connectivity index (χ0) is 13.1. The Balaban J connectivity index is 1.98. The fourth-order valence-corrected chi connectivity index (χ4v) is 3.83. The van der Waals surface area contributed by atoms with Gasteiger partial charge in [0, 0.05) is 5.41 Å². The van der Waals surface area contributed by atoms with Gasteiger partial charge in [0.25, 0.3) is 0 Å². The molecule has 1 fully saturated rings. The lowest BCUT2D eigenvalue weighted by Gasteiger charge is -2.43. The van der Waals surface area contributed by atoms with Crippen molar-refractivity contribution in [3.8, 4) is 0 Å². The van der Waals surface area contributed by atoms with E-state index in [1.807, 2.05) is 12.1 Å². The van der Waals surface area contributed by atoms with E-state index in [9.17, 15) is 4.39 Å². The monoisotopic (exact) mass is 256 g/mol. The first-order valence-electron chi connectivity index (χ1n) is 7.41. The molecule has 2 aliphatic carbocycles. The second-order valence-electron chi connectivity index (χ2n) is 5.88. The van der Waals surface area contributed by atoms with Crippen molar-refractivity contribution in [2.75, 3.05) is 0 Å². The molecular weight excluding hydrogens is 235 g/mol. The summed E-state index contributed by atoms with van der Waals surface area (Å²) in [6, 6.07) is 7.25. The van der Waals surface area contributed by atoms with Crippen LogP contribution < -0.4 is 0 Å². The minimum atomic E-state index is -0.131. The van der Waals surface area contributed by atoms with Crippen LogP contribution in [0.2, 0.25) is 0 Å². The van der Waals surface area contributed by atoms with Crippen molar-refractivity contribution in [3.63, 3.8) is 0 Å². The van der Waals surface area contributed by atoms with Crippen LogP contribution in [0.25, 0.3) is 0 Å². The minimum absolute atomic E-state index is 0.131. The number of halogens is 1. The largest absolute Gasteiger partial charge is 0.207 e. The van der Waals surface area contributed by atoms with Gasteiger partial charge in [-0.3, -0.25) is 0 Å². The molecule has 1 aromatic carbocycles. The quantitative estimate of drug-likeness (QED) is 0.685. The Bertz CT molecular complexity index is 475. The van der Waals surface area contributed by atoms with Crippen molar-refractivity contribution >= 4 is 0 Å². The summed E-state index contributed by atoms with van der Waals surface area (Å²) in [5, 5.41) is 0. The number of rotatable bonds is 2. The lowest BCUT2D eigenvalue weighted by Crippen LogP contribution is -2.36. The van der Waals surface area contributed by atoms with Gasteiger partial charge in [0.2, 0.25) is 0 Å². The van der Waals surface area contributed by atoms with Crippen LogP contribution in [0.15, 0.2) is 48.6 Å². The van der Waals surface area contributed by atoms with Gasteiger partial charge in [0.1, 0.15) is 5.82 Å². The van der Waals surface area contributed by atoms with Gasteiger partial charge in [-0.15, -0.1) is 0 Å². The number of hydrogen-bond acceptors (Lipinski definition) is 0. The van der Waals surface area contributed by atoms with Crippen LogP contribution in [0.1, 0.15) is 44.1 Å². The molecule has 1 unspecified atom stereocenters. The van der Waals surface area contributed by atoms with Gasteiger partial charge in [-0.05, 0) is 42.9 Å². The molecule has 0 N–H and O–H groups in total. The van der Waals surface area contributed by atoms with Crippen molar-refractivity contribution in [3.05, 3.63) is 60.0 Å². The predicted molar refractivity (Wildman–Crippen MR) is 77.6 cm³/mol. The molecule has 0 bridgehead atoms. The molecule has 1 heteroatoms. The summed E-state index contributed by atoms with van der Waals surface area (Å²) in [4.78, 5) is 0. The maximum absolute atomic E-state index is 13.2. The van der Waals surface area contributed by atoms with Gasteiger partial charge < -0.3 is 0 Å². The molecule has 1 aromatic rings. The molecule has 19 heavy (non-hydrogen) atoms. The summed E-state index contributed by atoms with van der Waals surface area (Å²) in [7, 11) is 0. The molecule has 1 saturated carbocycles. The highest BCUT2D eigenvalue weighted by Crippen LogP contribution is 2.47. The first kappa shape index (κ1) is 12.7. The lowest BCUT2D eigenvalue weighted by molar-refractivity contribution is 0.223. The van der Waals surface area contributed by atoms with Gasteiger partial charge in [0.15, 0.2) is 0 Å². The fourth-order valence-electron chi connectivity index (χ4n) is 3.83. The smallest absolute Gasteiger partial charge is 0.123 e. The lowest BCUT2D eigenvalue weighted by atomic mass is 9.60. The zero-order valence-electron chi connectivity index (χ0n) is 11.3. The Labute approximate surface area is 115 Å². The SMILES string of the molecule is Fc1ccc(C2(C3C=CC=CC3)CCCCC2)cc1. The van der Waals surface area contributed by atoms with Gasteiger partial charge in [-0.2, -0.15) is 0 Å². The third-order valence-corrected chi connectivity index (χ3v) is 4.86. The van der Waals surface area contributed by atoms with Crippen LogP contribution in [0.4, 0.5) is 4.39 Å². The Morgan fingerprint density at radius 2 is 1.68 bits per heavy atom. The topological polar surface area (TPSA) is 0 Å². The molecule has 0 heterocycles. The van der Waals surface area contributed by atoms with E-state index >= 15 is 0 Å². The van der Waals surface area contributed by atoms with Crippen LogP contribution in [-0.2, 0) is 5.41 Å². The number of allylic oxidation sites excluding steroid dienone is 4. The normalized spacial score (nSPS) is 25.4. The Morgan fingerprint density at radius 1 is 0.947 bits per heavy atom. The van der Waals surface area contributed by atoms with Crippen LogP contribution >= 0.6 is 0 Å². The first-order valence-corrected chi connectivity index (χ1v) is 7.41. The Hall–Kier alpha value is -1.37. The summed E-state index contributed by atoms with van der Waals surface area (Å²) in [6.45, 7) is 0. The predicted octanol–water partition coefficient (Wildman–Crippen LogP) is 5.16. The molecule has 2 aliphatic rings. The van der Waals surface area contributed by atoms with Crippen molar-refractivity contribution in [2.24, 2.45) is 5.92 Å². The summed E-state index contributed by atoms with van der Waals surface area (Å²) >= 11 is 0. The van der Waals surface area contributed by atoms with Gasteiger partial charge in [-0.1, -0.05) is 55.7 Å². The maximum atomic E-state index is 13.2. The number of hydrogen-bond donors (Lipinski definition) is 0. The molecule has 3 rings (SSSR count). The Kier molecular flexibility index (Phi) is 3.54. The average Bonchev–Trinajstić information content (AvgIpc) is 2.49. The molecule has 0 nitrogen and oxygen atoms in total. The fraction of sp³-hybridized carbons (Fsp3) is 0.444. The minimum Gasteiger partial charge on any atom is -0.207 e. The van der Waals surface area contributed by atoms with E-state index in [0.717, 1.165) is 6.42 Å². The van der Waals surface area contributed by atoms with E-state index in [4.69, 9.17) is 0 Å². The summed E-state index contributed by atoms with van der Waals surface area (Å²) in [5.74, 6) is 0.442. The number of benzene rings is 1. The van der Waals surface area contributed by atoms with Gasteiger partial charge in [0.05, 0.1) is 0 Å². The van der Waals surface area contributed by atoms with Crippen LogP contribution in [0, 0.1) is 11.7 Å². The van der Waals surface area contributed by atoms with Crippen LogP contribution in [0.5, 0.6) is 0 Å². The van der Waals surface area contributed by atoms with Crippen LogP contribution in [-0.4, -0.2) is 0 Å². The molecular formula is C18H21F. The van der Waals surface area contributed by atoms with E-state index in [2.05, 4.69) is 24.3 Å². The van der Waals surface area contributed by atoms with E-state index in [0.29, 0.717) is 5.92 Å². The molecule has 0 aromatic heterocycles. The highest BCUT2D eigenvalue weighted by Gasteiger charge is 2.39. The van der Waals surface area contributed by atoms with Crippen molar-refractivity contribution in [2.45, 2.75) is 43.9 Å². The van der Waals surface area contributed by atoms with E-state index in [-0.39, 0.29) is 11.2 Å². The Morgan fingerprint density at radius 3 is 2.32 bits per heavy atom. The highest BCUT2D eigenvalue weighted by molar-refractivity contribution is 5.31. The zero-order valence-corrected chi connectivity index (χ0v) is 11.3. The molecule has 0 aliphatic heterocycles. The van der Waals surface area contributed by atoms with Gasteiger partial charge in [-0.25, -0.2) is 4.39 Å². The standard InChI is InChI=1S/C18H21F/c19-17-11-9-16(10-12-17)18(13-5-2-6-14-18)15-7-3-1-4-8-15/h1,3-4,7,9-12,15H,2,5-6,8,13-14H2. The molecule has 0 radical (unpaired) electrons. The van der Waals surface area contributed by atoms with Crippen LogP contribution in [0.3, 0.4) is 0 Å². The maximum Gasteiger partial charge on any atom is 0.123 e. The van der Waals surface area contributed by atoms with Crippen molar-refractivity contribution < 1.29 is 4.39 Å². The van der Waals surface area contributed by atoms with E-state index in [1.165, 1.54) is 37.7 Å². The molecule has 1 atom stereocenters. The van der Waals surface area contributed by atoms with Crippen molar-refractivity contribution in [1.29, 1.82) is 0 Å². The highest BCUT2D eigenvalue weighted by atomic mass is 19.1. The molecule has 0 amide bonds. The van der Waals surface area contributed by atoms with E-state index < -0.39 is 0 Å². The summed E-state index contributed by atoms with van der Waals surface area (Å²) in [6.07, 6.45) is 16.5. The third kappa shape index (κ3) is 2.39. The van der Waals surface area contributed by atoms with E-state index in [1.54, 1.807) is 12.1 Å². The molecule has 100 valence electrons. The molecule has 0 spiro atoms. The van der Waals surface area contributed by atoms with Crippen molar-refractivity contribution in [1.82, 2.24) is 0 Å². The molecule has 0 saturated heterocycles. The first-order chi connectivity index (χ1) is 9.31. The van der Waals surface area contributed by atoms with Gasteiger partial charge >= 0.3 is 0 Å².